The van der Waals surface area contributed by atoms with Gasteiger partial charge in [0.1, 0.15) is 10.7 Å². The van der Waals surface area contributed by atoms with E-state index in [0.29, 0.717) is 23.5 Å². The molecule has 9 heteroatoms. The lowest BCUT2D eigenvalue weighted by Crippen LogP contribution is -2.32. The monoisotopic (exact) mass is 405 g/mol. The van der Waals surface area contributed by atoms with E-state index in [1.165, 1.54) is 23.1 Å². The van der Waals surface area contributed by atoms with Crippen LogP contribution in [-0.4, -0.2) is 42.9 Å². The molecule has 3 heterocycles. The zero-order chi connectivity index (χ0) is 19.7. The Morgan fingerprint density at radius 2 is 2.19 bits per heavy atom. The third-order valence-corrected chi connectivity index (χ3v) is 6.70. The topological polar surface area (TPSA) is 83.9 Å². The first kappa shape index (κ1) is 19.6. The van der Waals surface area contributed by atoms with Gasteiger partial charge in [0, 0.05) is 37.3 Å². The Labute approximate surface area is 165 Å². The lowest BCUT2D eigenvalue weighted by molar-refractivity contribution is -0.129. The second kappa shape index (κ2) is 7.85. The van der Waals surface area contributed by atoms with Gasteiger partial charge in [0.25, 0.3) is 5.56 Å². The van der Waals surface area contributed by atoms with Gasteiger partial charge in [-0.1, -0.05) is 0 Å². The molecule has 27 heavy (non-hydrogen) atoms. The molecule has 3 rings (SSSR count). The first-order chi connectivity index (χ1) is 12.8. The van der Waals surface area contributed by atoms with Gasteiger partial charge in [-0.05, 0) is 26.3 Å². The van der Waals surface area contributed by atoms with Crippen molar-refractivity contribution >= 4 is 39.2 Å². The van der Waals surface area contributed by atoms with Crippen LogP contribution in [0, 0.1) is 13.8 Å². The predicted molar refractivity (Wildman–Crippen MR) is 110 cm³/mol. The summed E-state index contributed by atoms with van der Waals surface area (Å²) < 4.78 is 1.72. The van der Waals surface area contributed by atoms with Crippen molar-refractivity contribution in [3.05, 3.63) is 44.6 Å². The number of aromatic nitrogens is 4. The highest BCUT2D eigenvalue weighted by molar-refractivity contribution is 7.99. The molecule has 1 N–H and O–H groups in total. The van der Waals surface area contributed by atoms with Crippen LogP contribution in [0.4, 0.5) is 0 Å². The van der Waals surface area contributed by atoms with Gasteiger partial charge in [-0.3, -0.25) is 14.3 Å². The number of carbonyl (C=O) groups excluding carboxylic acids is 1. The van der Waals surface area contributed by atoms with Crippen LogP contribution in [0.25, 0.3) is 10.2 Å². The molecule has 0 fully saturated rings. The van der Waals surface area contributed by atoms with Crippen LogP contribution >= 0.6 is 23.1 Å². The van der Waals surface area contributed by atoms with Gasteiger partial charge in [-0.2, -0.15) is 5.10 Å². The van der Waals surface area contributed by atoms with Crippen molar-refractivity contribution in [2.75, 3.05) is 7.05 Å². The fraction of sp³-hybridized carbons (Fsp3) is 0.444. The van der Waals surface area contributed by atoms with Crippen LogP contribution < -0.4 is 5.56 Å². The Morgan fingerprint density at radius 3 is 2.85 bits per heavy atom. The number of thiophene rings is 1. The molecular formula is C18H23N5O2S2. The molecule has 144 valence electrons. The summed E-state index contributed by atoms with van der Waals surface area (Å²) in [5, 5.41) is 4.56. The molecular weight excluding hydrogens is 382 g/mol. The minimum absolute atomic E-state index is 0.0371. The highest BCUT2D eigenvalue weighted by Crippen LogP contribution is 2.26. The smallest absolute Gasteiger partial charge is 0.259 e. The number of aromatic amines is 1. The maximum Gasteiger partial charge on any atom is 0.259 e. The number of aryl methyl sites for hydroxylation is 3. The summed E-state index contributed by atoms with van der Waals surface area (Å²) in [7, 11) is 3.64. The molecule has 1 unspecified atom stereocenters. The summed E-state index contributed by atoms with van der Waals surface area (Å²) in [6.45, 7) is 6.34. The Hall–Kier alpha value is -2.13. The lowest BCUT2D eigenvalue weighted by atomic mass is 10.2. The molecule has 0 aliphatic heterocycles. The van der Waals surface area contributed by atoms with Crippen LogP contribution in [0.5, 0.6) is 0 Å². The minimum Gasteiger partial charge on any atom is -0.340 e. The molecule has 0 bridgehead atoms. The number of rotatable bonds is 6. The van der Waals surface area contributed by atoms with Crippen LogP contribution in [0.3, 0.4) is 0 Å². The highest BCUT2D eigenvalue weighted by Gasteiger charge is 2.19. The number of fused-ring (bicyclic) bond motifs is 1. The van der Waals surface area contributed by atoms with E-state index in [9.17, 15) is 9.59 Å². The predicted octanol–water partition coefficient (Wildman–Crippen LogP) is 2.62. The number of hydrogen-bond acceptors (Lipinski definition) is 6. The van der Waals surface area contributed by atoms with Gasteiger partial charge in [0.05, 0.1) is 22.6 Å². The van der Waals surface area contributed by atoms with E-state index in [1.54, 1.807) is 22.8 Å². The quantitative estimate of drug-likeness (QED) is 0.681. The molecule has 0 aromatic carbocycles. The maximum atomic E-state index is 12.6. The number of amides is 1. The third kappa shape index (κ3) is 4.24. The van der Waals surface area contributed by atoms with E-state index >= 15 is 0 Å². The van der Waals surface area contributed by atoms with Crippen molar-refractivity contribution in [2.45, 2.75) is 38.3 Å². The summed E-state index contributed by atoms with van der Waals surface area (Å²) in [6, 6.07) is 0. The number of carbonyl (C=O) groups is 1. The second-order valence-electron chi connectivity index (χ2n) is 6.65. The fourth-order valence-electron chi connectivity index (χ4n) is 2.86. The van der Waals surface area contributed by atoms with Gasteiger partial charge in [-0.15, -0.1) is 23.1 Å². The third-order valence-electron chi connectivity index (χ3n) is 4.46. The lowest BCUT2D eigenvalue weighted by Gasteiger charge is -2.20. The van der Waals surface area contributed by atoms with E-state index < -0.39 is 0 Å². The normalized spacial score (nSPS) is 12.5. The average Bonchev–Trinajstić information content (AvgIpc) is 3.15. The van der Waals surface area contributed by atoms with E-state index in [1.807, 2.05) is 34.0 Å². The largest absolute Gasteiger partial charge is 0.340 e. The molecule has 0 saturated carbocycles. The summed E-state index contributed by atoms with van der Waals surface area (Å²) in [6.07, 6.45) is 3.66. The summed E-state index contributed by atoms with van der Waals surface area (Å²) in [5.74, 6) is 1.12. The first-order valence-corrected chi connectivity index (χ1v) is 10.5. The number of nitrogens with one attached hydrogen (secondary N) is 1. The van der Waals surface area contributed by atoms with Crippen LogP contribution in [-0.2, 0) is 24.1 Å². The zero-order valence-corrected chi connectivity index (χ0v) is 17.7. The van der Waals surface area contributed by atoms with Crippen LogP contribution in [0.15, 0.2) is 17.2 Å². The standard InChI is InChI=1S/C18H23N5O2S2/c1-10-11(2)27-17-15(10)16(24)20-14(21-17)9-26-12(3)18(25)22(4)7-13-6-19-23(5)8-13/h6,8,12H,7,9H2,1-5H3,(H,20,21,24). The van der Waals surface area contributed by atoms with Gasteiger partial charge in [0.2, 0.25) is 5.91 Å². The van der Waals surface area contributed by atoms with Crippen molar-refractivity contribution in [1.29, 1.82) is 0 Å². The number of H-pyrrole nitrogens is 1. The van der Waals surface area contributed by atoms with Crippen LogP contribution in [0.1, 0.15) is 28.8 Å². The van der Waals surface area contributed by atoms with Gasteiger partial charge < -0.3 is 9.88 Å². The fourth-order valence-corrected chi connectivity index (χ4v) is 4.77. The Morgan fingerprint density at radius 1 is 1.44 bits per heavy atom. The molecule has 0 aliphatic rings. The molecule has 3 aromatic rings. The van der Waals surface area contributed by atoms with E-state index in [4.69, 9.17) is 0 Å². The SMILES string of the molecule is Cc1sc2nc(CSC(C)C(=O)N(C)Cc3cnn(C)c3)[nH]c(=O)c2c1C. The summed E-state index contributed by atoms with van der Waals surface area (Å²) in [5.41, 5.74) is 1.87. The van der Waals surface area contributed by atoms with Crippen molar-refractivity contribution in [3.8, 4) is 0 Å². The van der Waals surface area contributed by atoms with E-state index in [0.717, 1.165) is 20.8 Å². The van der Waals surface area contributed by atoms with Crippen molar-refractivity contribution < 1.29 is 4.79 Å². The maximum absolute atomic E-state index is 12.6. The Bertz CT molecular complexity index is 1040. The van der Waals surface area contributed by atoms with Gasteiger partial charge in [-0.25, -0.2) is 4.98 Å². The van der Waals surface area contributed by atoms with Crippen molar-refractivity contribution in [2.24, 2.45) is 7.05 Å². The summed E-state index contributed by atoms with van der Waals surface area (Å²) >= 11 is 3.00. The molecule has 1 amide bonds. The number of thioether (sulfide) groups is 1. The molecule has 0 spiro atoms. The van der Waals surface area contributed by atoms with Crippen LogP contribution in [0.2, 0.25) is 0 Å². The molecule has 3 aromatic heterocycles. The molecule has 7 nitrogen and oxygen atoms in total. The minimum atomic E-state index is -0.237. The Kier molecular flexibility index (Phi) is 5.71. The Balaban J connectivity index is 1.64. The van der Waals surface area contributed by atoms with Crippen molar-refractivity contribution in [3.63, 3.8) is 0 Å². The zero-order valence-electron chi connectivity index (χ0n) is 16.1. The molecule has 1 atom stereocenters. The molecule has 0 aliphatic carbocycles. The summed E-state index contributed by atoms with van der Waals surface area (Å²) in [4.78, 5) is 35.9. The molecule has 0 radical (unpaired) electrons. The van der Waals surface area contributed by atoms with Gasteiger partial charge in [0.15, 0.2) is 0 Å². The molecule has 0 saturated heterocycles. The number of hydrogen-bond donors (Lipinski definition) is 1. The number of nitrogens with zero attached hydrogens (tertiary/aromatic N) is 4. The van der Waals surface area contributed by atoms with Gasteiger partial charge >= 0.3 is 0 Å². The van der Waals surface area contributed by atoms with E-state index in [2.05, 4.69) is 15.1 Å². The highest BCUT2D eigenvalue weighted by atomic mass is 32.2. The first-order valence-electron chi connectivity index (χ1n) is 8.59. The van der Waals surface area contributed by atoms with Crippen molar-refractivity contribution in [1.82, 2.24) is 24.6 Å². The van der Waals surface area contributed by atoms with E-state index in [-0.39, 0.29) is 16.7 Å². The average molecular weight is 406 g/mol. The second-order valence-corrected chi connectivity index (χ2v) is 9.18.